The van der Waals surface area contributed by atoms with E-state index in [1.807, 2.05) is 0 Å². The van der Waals surface area contributed by atoms with E-state index in [9.17, 15) is 29.9 Å². The van der Waals surface area contributed by atoms with Crippen molar-refractivity contribution in [1.82, 2.24) is 0 Å². The highest BCUT2D eigenvalue weighted by Crippen LogP contribution is 2.27. The van der Waals surface area contributed by atoms with Crippen LogP contribution in [-0.2, 0) is 4.79 Å². The Kier molecular flexibility index (Phi) is 6.36. The van der Waals surface area contributed by atoms with E-state index in [0.717, 1.165) is 6.07 Å². The van der Waals surface area contributed by atoms with Gasteiger partial charge in [-0.1, -0.05) is 12.1 Å². The maximum Gasteiger partial charge on any atom is 0.335 e. The van der Waals surface area contributed by atoms with Crippen molar-refractivity contribution in [1.29, 1.82) is 5.26 Å². The zero-order valence-electron chi connectivity index (χ0n) is 16.7. The van der Waals surface area contributed by atoms with Crippen LogP contribution in [0.4, 0.5) is 5.69 Å². The van der Waals surface area contributed by atoms with Gasteiger partial charge < -0.3 is 24.7 Å². The van der Waals surface area contributed by atoms with Crippen LogP contribution in [0.25, 0.3) is 17.4 Å². The molecule has 3 rings (SSSR count). The van der Waals surface area contributed by atoms with Crippen LogP contribution >= 0.6 is 0 Å². The minimum Gasteiger partial charge on any atom is -0.495 e. The minimum absolute atomic E-state index is 0.143. The maximum atomic E-state index is 12.5. The van der Waals surface area contributed by atoms with Crippen molar-refractivity contribution in [3.8, 4) is 23.1 Å². The number of rotatable bonds is 7. The van der Waals surface area contributed by atoms with Crippen LogP contribution in [0.1, 0.15) is 26.5 Å². The largest absolute Gasteiger partial charge is 0.495 e. The van der Waals surface area contributed by atoms with E-state index >= 15 is 0 Å². The molecule has 0 saturated carbocycles. The Bertz CT molecular complexity index is 1250. The summed E-state index contributed by atoms with van der Waals surface area (Å²) in [5, 5.41) is 30.4. The lowest BCUT2D eigenvalue weighted by Crippen LogP contribution is -2.14. The van der Waals surface area contributed by atoms with Gasteiger partial charge in [-0.05, 0) is 42.5 Å². The fraction of sp³-hybridized carbons (Fsp3) is 0.0435. The number of benzene rings is 2. The Hall–Kier alpha value is -4.84. The third-order valence-electron chi connectivity index (χ3n) is 4.35. The number of methoxy groups -OCH3 is 1. The van der Waals surface area contributed by atoms with Crippen molar-refractivity contribution in [3.63, 3.8) is 0 Å². The summed E-state index contributed by atoms with van der Waals surface area (Å²) >= 11 is 0. The Morgan fingerprint density at radius 1 is 1.03 bits per heavy atom. The second-order valence-corrected chi connectivity index (χ2v) is 6.44. The highest BCUT2D eigenvalue weighted by atomic mass is 16.5. The molecule has 1 amide bonds. The number of amides is 1. The minimum atomic E-state index is -1.29. The van der Waals surface area contributed by atoms with Crippen LogP contribution in [0.2, 0.25) is 0 Å². The maximum absolute atomic E-state index is 12.5. The fourth-order valence-corrected chi connectivity index (χ4v) is 2.83. The number of carbonyl (C=O) groups excluding carboxylic acids is 1. The summed E-state index contributed by atoms with van der Waals surface area (Å²) in [6, 6.07) is 15.0. The number of para-hydroxylation sites is 2. The standard InChI is InChI=1S/C23H16N2O7/c1-31-20-5-3-2-4-18(20)25-21(26)16(12-24)11-17-6-7-19(32-17)13-8-14(22(27)28)10-15(9-13)23(29)30/h2-11H,1H3,(H,25,26)(H,27,28)(H,29,30). The van der Waals surface area contributed by atoms with Crippen LogP contribution in [0.3, 0.4) is 0 Å². The van der Waals surface area contributed by atoms with Gasteiger partial charge in [-0.25, -0.2) is 9.59 Å². The summed E-state index contributed by atoms with van der Waals surface area (Å²) in [5.41, 5.74) is -0.0844. The van der Waals surface area contributed by atoms with Crippen LogP contribution < -0.4 is 10.1 Å². The van der Waals surface area contributed by atoms with Gasteiger partial charge in [0.2, 0.25) is 0 Å². The molecule has 0 atom stereocenters. The molecule has 0 aliphatic rings. The average Bonchev–Trinajstić information content (AvgIpc) is 3.26. The first kappa shape index (κ1) is 21.9. The number of nitrogens with one attached hydrogen (secondary N) is 1. The number of hydrogen-bond donors (Lipinski definition) is 3. The van der Waals surface area contributed by atoms with Crippen molar-refractivity contribution >= 4 is 29.6 Å². The van der Waals surface area contributed by atoms with E-state index in [0.29, 0.717) is 11.4 Å². The number of carboxylic acid groups (broad SMARTS) is 2. The molecule has 9 heteroatoms. The summed E-state index contributed by atoms with van der Waals surface area (Å²) in [6.07, 6.45) is 1.22. The molecule has 0 fully saturated rings. The predicted molar refractivity (Wildman–Crippen MR) is 113 cm³/mol. The predicted octanol–water partition coefficient (Wildman–Crippen LogP) is 3.90. The molecular formula is C23H16N2O7. The lowest BCUT2D eigenvalue weighted by molar-refractivity contribution is -0.112. The van der Waals surface area contributed by atoms with Crippen molar-refractivity contribution < 1.29 is 33.8 Å². The van der Waals surface area contributed by atoms with Gasteiger partial charge in [0.05, 0.1) is 23.9 Å². The van der Waals surface area contributed by atoms with Crippen LogP contribution in [-0.4, -0.2) is 35.2 Å². The highest BCUT2D eigenvalue weighted by molar-refractivity contribution is 6.10. The molecule has 0 radical (unpaired) electrons. The average molecular weight is 432 g/mol. The molecule has 0 unspecified atom stereocenters. The summed E-state index contributed by atoms with van der Waals surface area (Å²) in [6.45, 7) is 0. The SMILES string of the molecule is COc1ccccc1NC(=O)C(C#N)=Cc1ccc(-c2cc(C(=O)O)cc(C(=O)O)c2)o1. The van der Waals surface area contributed by atoms with E-state index < -0.39 is 17.8 Å². The lowest BCUT2D eigenvalue weighted by atomic mass is 10.0. The van der Waals surface area contributed by atoms with Gasteiger partial charge in [0.25, 0.3) is 5.91 Å². The number of aromatic carboxylic acids is 2. The van der Waals surface area contributed by atoms with E-state index in [4.69, 9.17) is 9.15 Å². The van der Waals surface area contributed by atoms with Crippen LogP contribution in [0, 0.1) is 11.3 Å². The Morgan fingerprint density at radius 3 is 2.28 bits per heavy atom. The number of nitrogens with zero attached hydrogens (tertiary/aromatic N) is 1. The van der Waals surface area contributed by atoms with Gasteiger partial charge in [0, 0.05) is 11.6 Å². The summed E-state index contributed by atoms with van der Waals surface area (Å²) in [4.78, 5) is 35.1. The molecule has 3 aromatic rings. The summed E-state index contributed by atoms with van der Waals surface area (Å²) in [7, 11) is 1.45. The van der Waals surface area contributed by atoms with Crippen LogP contribution in [0.15, 0.2) is 64.6 Å². The Morgan fingerprint density at radius 2 is 1.69 bits per heavy atom. The number of furan rings is 1. The molecule has 3 N–H and O–H groups in total. The second kappa shape index (κ2) is 9.32. The first-order valence-corrected chi connectivity index (χ1v) is 9.10. The van der Waals surface area contributed by atoms with E-state index in [2.05, 4.69) is 5.32 Å². The zero-order chi connectivity index (χ0) is 23.3. The highest BCUT2D eigenvalue weighted by Gasteiger charge is 2.16. The van der Waals surface area contributed by atoms with Crippen molar-refractivity contribution in [2.45, 2.75) is 0 Å². The molecule has 0 aliphatic heterocycles. The van der Waals surface area contributed by atoms with Crippen molar-refractivity contribution in [2.75, 3.05) is 12.4 Å². The smallest absolute Gasteiger partial charge is 0.335 e. The number of nitriles is 1. The fourth-order valence-electron chi connectivity index (χ4n) is 2.83. The molecule has 32 heavy (non-hydrogen) atoms. The first-order valence-electron chi connectivity index (χ1n) is 9.10. The van der Waals surface area contributed by atoms with Gasteiger partial charge in [-0.2, -0.15) is 5.26 Å². The van der Waals surface area contributed by atoms with Gasteiger partial charge in [0.1, 0.15) is 28.9 Å². The monoisotopic (exact) mass is 432 g/mol. The van der Waals surface area contributed by atoms with Crippen molar-refractivity contribution in [3.05, 3.63) is 77.1 Å². The number of carboxylic acids is 2. The molecule has 0 aliphatic carbocycles. The zero-order valence-corrected chi connectivity index (χ0v) is 16.7. The number of ether oxygens (including phenoxy) is 1. The second-order valence-electron chi connectivity index (χ2n) is 6.44. The van der Waals surface area contributed by atoms with Gasteiger partial charge in [-0.15, -0.1) is 0 Å². The quantitative estimate of drug-likeness (QED) is 0.376. The van der Waals surface area contributed by atoms with Crippen LogP contribution in [0.5, 0.6) is 5.75 Å². The Balaban J connectivity index is 1.90. The lowest BCUT2D eigenvalue weighted by Gasteiger charge is -2.08. The molecular weight excluding hydrogens is 416 g/mol. The van der Waals surface area contributed by atoms with Gasteiger partial charge in [0.15, 0.2) is 0 Å². The molecule has 1 aromatic heterocycles. The summed E-state index contributed by atoms with van der Waals surface area (Å²) < 4.78 is 10.8. The third-order valence-corrected chi connectivity index (χ3v) is 4.35. The van der Waals surface area contributed by atoms with E-state index in [1.165, 1.54) is 37.5 Å². The molecule has 160 valence electrons. The molecule has 1 heterocycles. The van der Waals surface area contributed by atoms with E-state index in [1.54, 1.807) is 30.3 Å². The van der Waals surface area contributed by atoms with Gasteiger partial charge >= 0.3 is 11.9 Å². The summed E-state index contributed by atoms with van der Waals surface area (Å²) in [5.74, 6) is -2.53. The van der Waals surface area contributed by atoms with E-state index in [-0.39, 0.29) is 33.8 Å². The first-order chi connectivity index (χ1) is 15.3. The van der Waals surface area contributed by atoms with Crippen molar-refractivity contribution in [2.24, 2.45) is 0 Å². The van der Waals surface area contributed by atoms with Gasteiger partial charge in [-0.3, -0.25) is 4.79 Å². The molecule has 9 nitrogen and oxygen atoms in total. The number of hydrogen-bond acceptors (Lipinski definition) is 6. The Labute approximate surface area is 181 Å². The number of anilines is 1. The normalized spacial score (nSPS) is 10.8. The molecule has 2 aromatic carbocycles. The molecule has 0 saturated heterocycles. The molecule has 0 spiro atoms. The molecule has 0 bridgehead atoms. The topological polar surface area (TPSA) is 150 Å². The third kappa shape index (κ3) is 4.83. The number of carbonyl (C=O) groups is 3.